The van der Waals surface area contributed by atoms with Gasteiger partial charge in [-0.1, -0.05) is 29.8 Å². The van der Waals surface area contributed by atoms with Gasteiger partial charge in [0.15, 0.2) is 5.96 Å². The molecule has 29 heavy (non-hydrogen) atoms. The van der Waals surface area contributed by atoms with Crippen molar-refractivity contribution < 1.29 is 23.0 Å². The minimum atomic E-state index is -2.87. The second-order valence-electron chi connectivity index (χ2n) is 6.25. The Balaban J connectivity index is 1.88. The van der Waals surface area contributed by atoms with Crippen LogP contribution in [0.5, 0.6) is 11.5 Å². The van der Waals surface area contributed by atoms with Crippen LogP contribution in [0, 0.1) is 6.92 Å². The fourth-order valence-electron chi connectivity index (χ4n) is 2.59. The predicted octanol–water partition coefficient (Wildman–Crippen LogP) is 3.49. The van der Waals surface area contributed by atoms with Gasteiger partial charge in [-0.05, 0) is 30.7 Å². The smallest absolute Gasteiger partial charge is 0.387 e. The van der Waals surface area contributed by atoms with Gasteiger partial charge in [-0.25, -0.2) is 0 Å². The van der Waals surface area contributed by atoms with Gasteiger partial charge in [-0.2, -0.15) is 8.78 Å². The minimum Gasteiger partial charge on any atom is -0.491 e. The average Bonchev–Trinajstić information content (AvgIpc) is 2.71. The molecule has 8 heteroatoms. The number of hydrogen-bond donors (Lipinski definition) is 2. The van der Waals surface area contributed by atoms with Crippen molar-refractivity contribution in [3.8, 4) is 11.5 Å². The Morgan fingerprint density at radius 1 is 1.03 bits per heavy atom. The van der Waals surface area contributed by atoms with Gasteiger partial charge >= 0.3 is 6.61 Å². The van der Waals surface area contributed by atoms with Gasteiger partial charge in [0.05, 0.1) is 6.61 Å². The Kier molecular flexibility index (Phi) is 9.17. The highest BCUT2D eigenvalue weighted by Gasteiger charge is 2.10. The Bertz CT molecular complexity index is 783. The summed E-state index contributed by atoms with van der Waals surface area (Å²) < 4.78 is 40.3. The maximum absolute atomic E-state index is 12.6. The van der Waals surface area contributed by atoms with E-state index in [-0.39, 0.29) is 5.75 Å². The van der Waals surface area contributed by atoms with Gasteiger partial charge in [-0.15, -0.1) is 0 Å². The Hall–Kier alpha value is -2.87. The Morgan fingerprint density at radius 2 is 1.76 bits per heavy atom. The molecule has 0 aliphatic rings. The van der Waals surface area contributed by atoms with Crippen molar-refractivity contribution in [3.63, 3.8) is 0 Å². The molecule has 2 aromatic carbocycles. The number of halogens is 2. The second kappa shape index (κ2) is 11.9. The first-order valence-electron chi connectivity index (χ1n) is 9.21. The van der Waals surface area contributed by atoms with Crippen LogP contribution in [0.2, 0.25) is 0 Å². The Labute approximate surface area is 169 Å². The van der Waals surface area contributed by atoms with Crippen LogP contribution in [0.25, 0.3) is 0 Å². The lowest BCUT2D eigenvalue weighted by Crippen LogP contribution is -2.36. The van der Waals surface area contributed by atoms with Crippen LogP contribution in [0.4, 0.5) is 8.78 Å². The zero-order chi connectivity index (χ0) is 21.1. The molecule has 0 saturated heterocycles. The summed E-state index contributed by atoms with van der Waals surface area (Å²) in [6, 6.07) is 12.8. The molecule has 0 saturated carbocycles. The van der Waals surface area contributed by atoms with E-state index in [0.29, 0.717) is 37.8 Å². The molecule has 0 heterocycles. The molecular formula is C21H27F2N3O3. The number of nitrogens with zero attached hydrogens (tertiary/aromatic N) is 1. The molecular weight excluding hydrogens is 380 g/mol. The molecule has 0 amide bonds. The normalized spacial score (nSPS) is 11.4. The van der Waals surface area contributed by atoms with Crippen molar-refractivity contribution in [1.82, 2.24) is 10.6 Å². The highest BCUT2D eigenvalue weighted by Crippen LogP contribution is 2.22. The maximum Gasteiger partial charge on any atom is 0.387 e. The van der Waals surface area contributed by atoms with Gasteiger partial charge in [-0.3, -0.25) is 4.99 Å². The van der Waals surface area contributed by atoms with Crippen LogP contribution in [-0.2, 0) is 17.8 Å². The molecule has 2 aromatic rings. The van der Waals surface area contributed by atoms with Crippen LogP contribution in [0.1, 0.15) is 16.7 Å². The molecule has 0 spiro atoms. The molecule has 6 nitrogen and oxygen atoms in total. The number of guanidine groups is 1. The molecule has 0 aliphatic heterocycles. The molecule has 0 bridgehead atoms. The van der Waals surface area contributed by atoms with E-state index >= 15 is 0 Å². The molecule has 0 radical (unpaired) electrons. The lowest BCUT2D eigenvalue weighted by molar-refractivity contribution is -0.0504. The summed E-state index contributed by atoms with van der Waals surface area (Å²) in [7, 11) is 3.28. The summed E-state index contributed by atoms with van der Waals surface area (Å²) in [6.07, 6.45) is 0. The number of rotatable bonds is 10. The van der Waals surface area contributed by atoms with Crippen molar-refractivity contribution in [2.24, 2.45) is 4.99 Å². The fourth-order valence-corrected chi connectivity index (χ4v) is 2.59. The number of aliphatic imine (C=N–C) groups is 1. The number of methoxy groups -OCH3 is 1. The number of ether oxygens (including phenoxy) is 3. The van der Waals surface area contributed by atoms with Gasteiger partial charge in [0.25, 0.3) is 0 Å². The number of nitrogens with one attached hydrogen (secondary N) is 2. The third kappa shape index (κ3) is 7.95. The molecule has 0 atom stereocenters. The lowest BCUT2D eigenvalue weighted by Gasteiger charge is -2.15. The molecule has 0 fully saturated rings. The highest BCUT2D eigenvalue weighted by molar-refractivity contribution is 5.79. The summed E-state index contributed by atoms with van der Waals surface area (Å²) in [4.78, 5) is 4.17. The van der Waals surface area contributed by atoms with E-state index in [2.05, 4.69) is 20.4 Å². The SMILES string of the molecule is CN=C(NCc1ccc(OCCOC)cc1)NCc1cc(C)ccc1OC(F)F. The highest BCUT2D eigenvalue weighted by atomic mass is 19.3. The van der Waals surface area contributed by atoms with Gasteiger partial charge < -0.3 is 24.8 Å². The minimum absolute atomic E-state index is 0.151. The summed E-state index contributed by atoms with van der Waals surface area (Å²) in [5, 5.41) is 6.31. The first-order chi connectivity index (χ1) is 14.0. The van der Waals surface area contributed by atoms with E-state index < -0.39 is 6.61 Å². The van der Waals surface area contributed by atoms with E-state index in [4.69, 9.17) is 9.47 Å². The Morgan fingerprint density at radius 3 is 2.41 bits per heavy atom. The number of hydrogen-bond acceptors (Lipinski definition) is 4. The molecule has 2 rings (SSSR count). The molecule has 0 unspecified atom stereocenters. The van der Waals surface area contributed by atoms with Crippen LogP contribution >= 0.6 is 0 Å². The van der Waals surface area contributed by atoms with E-state index in [1.807, 2.05) is 31.2 Å². The summed E-state index contributed by atoms with van der Waals surface area (Å²) in [5.74, 6) is 1.48. The van der Waals surface area contributed by atoms with E-state index in [0.717, 1.165) is 16.9 Å². The topological polar surface area (TPSA) is 64.1 Å². The van der Waals surface area contributed by atoms with Crippen molar-refractivity contribution >= 4 is 5.96 Å². The summed E-state index contributed by atoms with van der Waals surface area (Å²) >= 11 is 0. The molecule has 2 N–H and O–H groups in total. The van der Waals surface area contributed by atoms with Gasteiger partial charge in [0, 0.05) is 32.8 Å². The molecule has 0 aromatic heterocycles. The van der Waals surface area contributed by atoms with Crippen LogP contribution in [-0.4, -0.2) is 39.9 Å². The summed E-state index contributed by atoms with van der Waals surface area (Å²) in [5.41, 5.74) is 2.63. The van der Waals surface area contributed by atoms with Gasteiger partial charge in [0.1, 0.15) is 18.1 Å². The van der Waals surface area contributed by atoms with Crippen molar-refractivity contribution in [2.45, 2.75) is 26.6 Å². The summed E-state index contributed by atoms with van der Waals surface area (Å²) in [6.45, 7) is 0.917. The third-order valence-corrected chi connectivity index (χ3v) is 4.04. The van der Waals surface area contributed by atoms with Gasteiger partial charge in [0.2, 0.25) is 0 Å². The van der Waals surface area contributed by atoms with Crippen LogP contribution < -0.4 is 20.1 Å². The zero-order valence-corrected chi connectivity index (χ0v) is 16.9. The third-order valence-electron chi connectivity index (χ3n) is 4.04. The fraction of sp³-hybridized carbons (Fsp3) is 0.381. The molecule has 158 valence electrons. The number of benzene rings is 2. The average molecular weight is 407 g/mol. The first kappa shape index (κ1) is 22.4. The quantitative estimate of drug-likeness (QED) is 0.359. The van der Waals surface area contributed by atoms with E-state index in [1.54, 1.807) is 32.4 Å². The van der Waals surface area contributed by atoms with Crippen LogP contribution in [0.15, 0.2) is 47.5 Å². The largest absolute Gasteiger partial charge is 0.491 e. The van der Waals surface area contributed by atoms with Crippen molar-refractivity contribution in [2.75, 3.05) is 27.4 Å². The zero-order valence-electron chi connectivity index (χ0n) is 16.9. The van der Waals surface area contributed by atoms with E-state index in [1.165, 1.54) is 0 Å². The first-order valence-corrected chi connectivity index (χ1v) is 9.21. The molecule has 0 aliphatic carbocycles. The second-order valence-corrected chi connectivity index (χ2v) is 6.25. The lowest BCUT2D eigenvalue weighted by atomic mass is 10.1. The number of aryl methyl sites for hydroxylation is 1. The monoisotopic (exact) mass is 407 g/mol. The van der Waals surface area contributed by atoms with Crippen molar-refractivity contribution in [3.05, 3.63) is 59.2 Å². The maximum atomic E-state index is 12.6. The van der Waals surface area contributed by atoms with E-state index in [9.17, 15) is 8.78 Å². The van der Waals surface area contributed by atoms with Crippen molar-refractivity contribution in [1.29, 1.82) is 0 Å². The standard InChI is InChI=1S/C21H27F2N3O3/c1-15-4-9-19(29-20(22)23)17(12-15)14-26-21(24-2)25-13-16-5-7-18(8-6-16)28-11-10-27-3/h4-9,12,20H,10-11,13-14H2,1-3H3,(H2,24,25,26). The van der Waals surface area contributed by atoms with Crippen LogP contribution in [0.3, 0.4) is 0 Å². The number of alkyl halides is 2. The predicted molar refractivity (Wildman–Crippen MR) is 109 cm³/mol.